The molecule has 6 heteroatoms. The summed E-state index contributed by atoms with van der Waals surface area (Å²) < 4.78 is 8.80. The van der Waals surface area contributed by atoms with E-state index in [0.29, 0.717) is 11.6 Å². The standard InChI is InChI=1S/C13H21N3O2S/c1-3-8-5-4-6-9(7-8)15-12-10(13(17)18-2)11(14)16-19-12/h8-9,15H,3-7H2,1-2H3,(H2,14,16). The third-order valence-corrected chi connectivity index (χ3v) is 4.60. The third kappa shape index (κ3) is 3.18. The molecule has 1 saturated carbocycles. The van der Waals surface area contributed by atoms with Crippen LogP contribution in [0.15, 0.2) is 0 Å². The number of ether oxygens (including phenoxy) is 1. The van der Waals surface area contributed by atoms with E-state index in [0.717, 1.165) is 23.8 Å². The maximum atomic E-state index is 11.7. The molecule has 2 rings (SSSR count). The molecule has 3 N–H and O–H groups in total. The molecule has 2 unspecified atom stereocenters. The fraction of sp³-hybridized carbons (Fsp3) is 0.692. The molecule has 2 atom stereocenters. The quantitative estimate of drug-likeness (QED) is 0.831. The number of nitrogens with one attached hydrogen (secondary N) is 1. The fourth-order valence-electron chi connectivity index (χ4n) is 2.68. The molecule has 0 amide bonds. The average molecular weight is 283 g/mol. The molecular weight excluding hydrogens is 262 g/mol. The Morgan fingerprint density at radius 1 is 1.58 bits per heavy atom. The number of aromatic nitrogens is 1. The van der Waals surface area contributed by atoms with Gasteiger partial charge in [0.25, 0.3) is 0 Å². The summed E-state index contributed by atoms with van der Waals surface area (Å²) in [5, 5.41) is 4.17. The van der Waals surface area contributed by atoms with Crippen molar-refractivity contribution in [1.82, 2.24) is 4.37 Å². The molecule has 0 bridgehead atoms. The third-order valence-electron chi connectivity index (χ3n) is 3.80. The van der Waals surface area contributed by atoms with Crippen molar-refractivity contribution in [3.63, 3.8) is 0 Å². The highest BCUT2D eigenvalue weighted by atomic mass is 32.1. The Kier molecular flexibility index (Phi) is 4.63. The lowest BCUT2D eigenvalue weighted by Crippen LogP contribution is -2.27. The van der Waals surface area contributed by atoms with Gasteiger partial charge in [0.2, 0.25) is 0 Å². The Labute approximate surface area is 117 Å². The van der Waals surface area contributed by atoms with E-state index in [-0.39, 0.29) is 5.82 Å². The van der Waals surface area contributed by atoms with E-state index < -0.39 is 5.97 Å². The summed E-state index contributed by atoms with van der Waals surface area (Å²) in [5.41, 5.74) is 6.12. The smallest absolute Gasteiger partial charge is 0.344 e. The molecule has 1 aliphatic carbocycles. The number of carbonyl (C=O) groups excluding carboxylic acids is 1. The number of nitrogen functional groups attached to an aromatic ring is 1. The maximum Gasteiger partial charge on any atom is 0.344 e. The van der Waals surface area contributed by atoms with Crippen molar-refractivity contribution in [2.24, 2.45) is 5.92 Å². The van der Waals surface area contributed by atoms with Gasteiger partial charge in [0.05, 0.1) is 7.11 Å². The molecule has 0 saturated heterocycles. The van der Waals surface area contributed by atoms with Crippen molar-refractivity contribution >= 4 is 28.3 Å². The zero-order valence-electron chi connectivity index (χ0n) is 11.4. The van der Waals surface area contributed by atoms with Gasteiger partial charge < -0.3 is 15.8 Å². The Balaban J connectivity index is 2.08. The minimum atomic E-state index is -0.420. The van der Waals surface area contributed by atoms with Crippen LogP contribution in [0.2, 0.25) is 0 Å². The zero-order chi connectivity index (χ0) is 13.8. The van der Waals surface area contributed by atoms with Gasteiger partial charge in [-0.1, -0.05) is 26.2 Å². The van der Waals surface area contributed by atoms with Crippen molar-refractivity contribution in [2.45, 2.75) is 45.1 Å². The number of carbonyl (C=O) groups is 1. The molecule has 0 radical (unpaired) electrons. The van der Waals surface area contributed by atoms with Gasteiger partial charge >= 0.3 is 5.97 Å². The van der Waals surface area contributed by atoms with Gasteiger partial charge in [-0.2, -0.15) is 4.37 Å². The number of rotatable bonds is 4. The topological polar surface area (TPSA) is 77.2 Å². The molecule has 106 valence electrons. The van der Waals surface area contributed by atoms with Crippen LogP contribution in [0.25, 0.3) is 0 Å². The summed E-state index contributed by atoms with van der Waals surface area (Å²) >= 11 is 1.24. The lowest BCUT2D eigenvalue weighted by Gasteiger charge is -2.29. The highest BCUT2D eigenvalue weighted by Gasteiger charge is 2.25. The van der Waals surface area contributed by atoms with Gasteiger partial charge in [0, 0.05) is 6.04 Å². The van der Waals surface area contributed by atoms with Gasteiger partial charge in [0.15, 0.2) is 5.82 Å². The maximum absolute atomic E-state index is 11.7. The number of hydrogen-bond acceptors (Lipinski definition) is 6. The number of methoxy groups -OCH3 is 1. The van der Waals surface area contributed by atoms with Crippen molar-refractivity contribution in [1.29, 1.82) is 0 Å². The predicted octanol–water partition coefficient (Wildman–Crippen LogP) is 2.89. The summed E-state index contributed by atoms with van der Waals surface area (Å²) in [6.07, 6.45) is 6.04. The number of hydrogen-bond donors (Lipinski definition) is 2. The number of esters is 1. The molecule has 19 heavy (non-hydrogen) atoms. The van der Waals surface area contributed by atoms with E-state index in [4.69, 9.17) is 10.5 Å². The van der Waals surface area contributed by atoms with Crippen LogP contribution in [0.4, 0.5) is 10.8 Å². The molecule has 0 spiro atoms. The Morgan fingerprint density at radius 3 is 3.05 bits per heavy atom. The molecule has 5 nitrogen and oxygen atoms in total. The second-order valence-electron chi connectivity index (χ2n) is 5.05. The van der Waals surface area contributed by atoms with E-state index in [1.165, 1.54) is 37.9 Å². The summed E-state index contributed by atoms with van der Waals surface area (Å²) in [6.45, 7) is 2.23. The molecule has 1 aliphatic rings. The first kappa shape index (κ1) is 14.1. The Bertz CT molecular complexity index is 447. The van der Waals surface area contributed by atoms with Crippen LogP contribution in [0.1, 0.15) is 49.4 Å². The van der Waals surface area contributed by atoms with Crippen LogP contribution < -0.4 is 11.1 Å². The molecule has 1 aromatic heterocycles. The van der Waals surface area contributed by atoms with Crippen LogP contribution in [0, 0.1) is 5.92 Å². The lowest BCUT2D eigenvalue weighted by molar-refractivity contribution is 0.0603. The normalized spacial score (nSPS) is 23.1. The SMILES string of the molecule is CCC1CCCC(Nc2snc(N)c2C(=O)OC)C1. The van der Waals surface area contributed by atoms with Crippen molar-refractivity contribution in [3.05, 3.63) is 5.56 Å². The van der Waals surface area contributed by atoms with E-state index in [9.17, 15) is 4.79 Å². The minimum Gasteiger partial charge on any atom is -0.465 e. The molecule has 0 aromatic carbocycles. The van der Waals surface area contributed by atoms with E-state index in [1.807, 2.05) is 0 Å². The van der Waals surface area contributed by atoms with Crippen molar-refractivity contribution < 1.29 is 9.53 Å². The summed E-state index contributed by atoms with van der Waals surface area (Å²) in [6, 6.07) is 0.405. The van der Waals surface area contributed by atoms with E-state index >= 15 is 0 Å². The summed E-state index contributed by atoms with van der Waals surface area (Å²) in [4.78, 5) is 11.7. The van der Waals surface area contributed by atoms with Crippen LogP contribution >= 0.6 is 11.5 Å². The molecule has 1 aromatic rings. The van der Waals surface area contributed by atoms with Crippen molar-refractivity contribution in [3.8, 4) is 0 Å². The molecule has 0 aliphatic heterocycles. The Hall–Kier alpha value is -1.30. The van der Waals surface area contributed by atoms with Gasteiger partial charge in [-0.05, 0) is 30.3 Å². The molecule has 1 fully saturated rings. The monoisotopic (exact) mass is 283 g/mol. The summed E-state index contributed by atoms with van der Waals surface area (Å²) in [5.74, 6) is 0.608. The highest BCUT2D eigenvalue weighted by Crippen LogP contribution is 2.33. The first-order valence-electron chi connectivity index (χ1n) is 6.75. The second-order valence-corrected chi connectivity index (χ2v) is 5.82. The van der Waals surface area contributed by atoms with Crippen LogP contribution in [-0.2, 0) is 4.74 Å². The lowest BCUT2D eigenvalue weighted by atomic mass is 9.84. The Morgan fingerprint density at radius 2 is 2.37 bits per heavy atom. The van der Waals surface area contributed by atoms with Crippen LogP contribution in [0.5, 0.6) is 0 Å². The van der Waals surface area contributed by atoms with Gasteiger partial charge in [-0.25, -0.2) is 4.79 Å². The average Bonchev–Trinajstić information content (AvgIpc) is 2.79. The largest absolute Gasteiger partial charge is 0.465 e. The number of nitrogens with zero attached hydrogens (tertiary/aromatic N) is 1. The fourth-order valence-corrected chi connectivity index (χ4v) is 3.46. The summed E-state index contributed by atoms with van der Waals surface area (Å²) in [7, 11) is 1.36. The van der Waals surface area contributed by atoms with Crippen molar-refractivity contribution in [2.75, 3.05) is 18.2 Å². The minimum absolute atomic E-state index is 0.252. The van der Waals surface area contributed by atoms with Gasteiger partial charge in [-0.3, -0.25) is 0 Å². The first-order chi connectivity index (χ1) is 9.15. The molecule has 1 heterocycles. The van der Waals surface area contributed by atoms with Gasteiger partial charge in [0.1, 0.15) is 10.6 Å². The highest BCUT2D eigenvalue weighted by molar-refractivity contribution is 7.11. The van der Waals surface area contributed by atoms with Crippen LogP contribution in [-0.4, -0.2) is 23.5 Å². The van der Waals surface area contributed by atoms with Crippen LogP contribution in [0.3, 0.4) is 0 Å². The van der Waals surface area contributed by atoms with E-state index in [1.54, 1.807) is 0 Å². The predicted molar refractivity (Wildman–Crippen MR) is 77.5 cm³/mol. The number of anilines is 2. The second kappa shape index (κ2) is 6.23. The molecular formula is C13H21N3O2S. The zero-order valence-corrected chi connectivity index (χ0v) is 12.3. The number of nitrogens with two attached hydrogens (primary N) is 1. The van der Waals surface area contributed by atoms with Gasteiger partial charge in [-0.15, -0.1) is 0 Å². The van der Waals surface area contributed by atoms with E-state index in [2.05, 4.69) is 16.6 Å². The first-order valence-corrected chi connectivity index (χ1v) is 7.53.